The van der Waals surface area contributed by atoms with Crippen LogP contribution in [0.2, 0.25) is 0 Å². The van der Waals surface area contributed by atoms with Gasteiger partial charge in [0.1, 0.15) is 0 Å². The average Bonchev–Trinajstić information content (AvgIpc) is 2.72. The molecule has 0 bridgehead atoms. The fourth-order valence-corrected chi connectivity index (χ4v) is 3.65. The first-order valence-corrected chi connectivity index (χ1v) is 10.2. The number of hydrogen-bond acceptors (Lipinski definition) is 2. The molecule has 0 unspecified atom stereocenters. The molecule has 1 aromatic heterocycles. The summed E-state index contributed by atoms with van der Waals surface area (Å²) in [5.74, 6) is 0.320. The standard InChI is InChI=1S/C24H29N3O2/c1-5-18-11-7-10-14-22(18)27(6-2)24(29)25-21-16-26(15-17(3)4)23(28)20-13-9-8-12-19(20)21/h7-14,16-17H,5-6,15H2,1-4H3,(H,25,29). The second-order valence-corrected chi connectivity index (χ2v) is 7.60. The van der Waals surface area contributed by atoms with Crippen LogP contribution >= 0.6 is 0 Å². The zero-order valence-electron chi connectivity index (χ0n) is 17.6. The Morgan fingerprint density at radius 1 is 1.03 bits per heavy atom. The van der Waals surface area contributed by atoms with Gasteiger partial charge in [-0.05, 0) is 37.0 Å². The van der Waals surface area contributed by atoms with Gasteiger partial charge in [0.2, 0.25) is 0 Å². The molecule has 3 aromatic rings. The van der Waals surface area contributed by atoms with E-state index in [4.69, 9.17) is 0 Å². The molecule has 5 heteroatoms. The fraction of sp³-hybridized carbons (Fsp3) is 0.333. The number of nitrogens with zero attached hydrogens (tertiary/aromatic N) is 2. The summed E-state index contributed by atoms with van der Waals surface area (Å²) in [6.07, 6.45) is 2.62. The van der Waals surface area contributed by atoms with Gasteiger partial charge >= 0.3 is 6.03 Å². The third-order valence-corrected chi connectivity index (χ3v) is 5.02. The van der Waals surface area contributed by atoms with E-state index in [9.17, 15) is 9.59 Å². The van der Waals surface area contributed by atoms with E-state index < -0.39 is 0 Å². The van der Waals surface area contributed by atoms with E-state index in [1.807, 2.05) is 55.5 Å². The molecule has 29 heavy (non-hydrogen) atoms. The monoisotopic (exact) mass is 391 g/mol. The summed E-state index contributed by atoms with van der Waals surface area (Å²) in [6.45, 7) is 9.33. The summed E-state index contributed by atoms with van der Waals surface area (Å²) in [5.41, 5.74) is 2.66. The first-order chi connectivity index (χ1) is 14.0. The Hall–Kier alpha value is -3.08. The highest BCUT2D eigenvalue weighted by atomic mass is 16.2. The predicted octanol–water partition coefficient (Wildman–Crippen LogP) is 5.28. The van der Waals surface area contributed by atoms with Crippen LogP contribution in [-0.4, -0.2) is 17.1 Å². The van der Waals surface area contributed by atoms with Crippen LogP contribution in [0.25, 0.3) is 10.8 Å². The first kappa shape index (κ1) is 20.6. The van der Waals surface area contributed by atoms with Gasteiger partial charge in [0.05, 0.1) is 5.69 Å². The summed E-state index contributed by atoms with van der Waals surface area (Å²) >= 11 is 0. The van der Waals surface area contributed by atoms with Crippen molar-refractivity contribution in [1.82, 2.24) is 4.57 Å². The predicted molar refractivity (Wildman–Crippen MR) is 121 cm³/mol. The van der Waals surface area contributed by atoms with Crippen LogP contribution in [0, 0.1) is 5.92 Å². The second kappa shape index (κ2) is 8.95. The molecule has 0 radical (unpaired) electrons. The Morgan fingerprint density at radius 3 is 2.34 bits per heavy atom. The molecule has 0 fully saturated rings. The number of rotatable bonds is 6. The second-order valence-electron chi connectivity index (χ2n) is 7.60. The molecule has 0 atom stereocenters. The summed E-state index contributed by atoms with van der Waals surface area (Å²) in [6, 6.07) is 15.2. The number of hydrogen-bond donors (Lipinski definition) is 1. The highest BCUT2D eigenvalue weighted by Crippen LogP contribution is 2.25. The Labute approximate surface area is 172 Å². The minimum atomic E-state index is -0.201. The lowest BCUT2D eigenvalue weighted by molar-refractivity contribution is 0.257. The SMILES string of the molecule is CCc1ccccc1N(CC)C(=O)Nc1cn(CC(C)C)c(=O)c2ccccc12. The third-order valence-electron chi connectivity index (χ3n) is 5.02. The number of para-hydroxylation sites is 1. The molecular weight excluding hydrogens is 362 g/mol. The topological polar surface area (TPSA) is 54.3 Å². The van der Waals surface area contributed by atoms with Crippen molar-refractivity contribution in [2.45, 2.75) is 40.7 Å². The third kappa shape index (κ3) is 4.34. The number of aryl methyl sites for hydroxylation is 1. The smallest absolute Gasteiger partial charge is 0.313 e. The summed E-state index contributed by atoms with van der Waals surface area (Å²) in [4.78, 5) is 27.8. The lowest BCUT2D eigenvalue weighted by atomic mass is 10.1. The van der Waals surface area contributed by atoms with Crippen LogP contribution in [0.1, 0.15) is 33.3 Å². The van der Waals surface area contributed by atoms with Crippen molar-refractivity contribution in [2.24, 2.45) is 5.92 Å². The Morgan fingerprint density at radius 2 is 1.69 bits per heavy atom. The van der Waals surface area contributed by atoms with Crippen molar-refractivity contribution in [3.8, 4) is 0 Å². The summed E-state index contributed by atoms with van der Waals surface area (Å²) < 4.78 is 1.69. The normalized spacial score (nSPS) is 11.1. The summed E-state index contributed by atoms with van der Waals surface area (Å²) in [7, 11) is 0. The molecule has 3 rings (SSSR count). The van der Waals surface area contributed by atoms with E-state index in [2.05, 4.69) is 26.1 Å². The first-order valence-electron chi connectivity index (χ1n) is 10.2. The van der Waals surface area contributed by atoms with Gasteiger partial charge in [-0.1, -0.05) is 57.2 Å². The molecule has 5 nitrogen and oxygen atoms in total. The van der Waals surface area contributed by atoms with Crippen LogP contribution in [0.4, 0.5) is 16.2 Å². The highest BCUT2D eigenvalue weighted by Gasteiger charge is 2.18. The molecule has 0 spiro atoms. The minimum Gasteiger partial charge on any atom is -0.313 e. The fourth-order valence-electron chi connectivity index (χ4n) is 3.65. The van der Waals surface area contributed by atoms with Crippen LogP contribution in [0.15, 0.2) is 59.5 Å². The molecule has 0 aliphatic carbocycles. The van der Waals surface area contributed by atoms with Gasteiger partial charge in [0, 0.05) is 35.7 Å². The van der Waals surface area contributed by atoms with Gasteiger partial charge in [0.25, 0.3) is 5.56 Å². The molecule has 0 aliphatic heterocycles. The number of benzene rings is 2. The molecule has 2 aromatic carbocycles. The molecule has 2 amide bonds. The maximum absolute atomic E-state index is 13.2. The van der Waals surface area contributed by atoms with E-state index in [1.165, 1.54) is 0 Å². The van der Waals surface area contributed by atoms with Gasteiger partial charge in [-0.25, -0.2) is 4.79 Å². The van der Waals surface area contributed by atoms with Gasteiger partial charge in [-0.3, -0.25) is 9.69 Å². The van der Waals surface area contributed by atoms with E-state index in [-0.39, 0.29) is 11.6 Å². The molecule has 0 saturated carbocycles. The van der Waals surface area contributed by atoms with Crippen molar-refractivity contribution in [3.05, 3.63) is 70.6 Å². The van der Waals surface area contributed by atoms with Crippen LogP contribution in [0.3, 0.4) is 0 Å². The van der Waals surface area contributed by atoms with E-state index >= 15 is 0 Å². The average molecular weight is 392 g/mol. The zero-order chi connectivity index (χ0) is 21.0. The van der Waals surface area contributed by atoms with Crippen molar-refractivity contribution >= 4 is 28.2 Å². The number of amides is 2. The highest BCUT2D eigenvalue weighted by molar-refractivity contribution is 6.07. The van der Waals surface area contributed by atoms with Crippen LogP contribution in [-0.2, 0) is 13.0 Å². The van der Waals surface area contributed by atoms with Crippen LogP contribution < -0.4 is 15.8 Å². The van der Waals surface area contributed by atoms with Gasteiger partial charge in [-0.2, -0.15) is 0 Å². The Balaban J connectivity index is 2.03. The van der Waals surface area contributed by atoms with Gasteiger partial charge < -0.3 is 9.88 Å². The maximum Gasteiger partial charge on any atom is 0.326 e. The molecular formula is C24H29N3O2. The lowest BCUT2D eigenvalue weighted by Crippen LogP contribution is -2.36. The van der Waals surface area contributed by atoms with Gasteiger partial charge in [-0.15, -0.1) is 0 Å². The van der Waals surface area contributed by atoms with Gasteiger partial charge in [0.15, 0.2) is 0 Å². The quantitative estimate of drug-likeness (QED) is 0.622. The molecule has 0 aliphatic rings. The number of anilines is 2. The zero-order valence-corrected chi connectivity index (χ0v) is 17.6. The number of carbonyl (C=O) groups is 1. The largest absolute Gasteiger partial charge is 0.326 e. The number of pyridine rings is 1. The van der Waals surface area contributed by atoms with Crippen LogP contribution in [0.5, 0.6) is 0 Å². The molecule has 0 saturated heterocycles. The molecule has 152 valence electrons. The van der Waals surface area contributed by atoms with Crippen molar-refractivity contribution in [3.63, 3.8) is 0 Å². The van der Waals surface area contributed by atoms with E-state index in [0.717, 1.165) is 23.1 Å². The number of carbonyl (C=O) groups excluding carboxylic acids is 1. The Kier molecular flexibility index (Phi) is 6.37. The molecule has 1 heterocycles. The van der Waals surface area contributed by atoms with E-state index in [0.29, 0.717) is 30.1 Å². The van der Waals surface area contributed by atoms with Crippen molar-refractivity contribution < 1.29 is 4.79 Å². The summed E-state index contributed by atoms with van der Waals surface area (Å²) in [5, 5.41) is 4.42. The van der Waals surface area contributed by atoms with Crippen molar-refractivity contribution in [1.29, 1.82) is 0 Å². The lowest BCUT2D eigenvalue weighted by Gasteiger charge is -2.24. The van der Waals surface area contributed by atoms with Crippen molar-refractivity contribution in [2.75, 3.05) is 16.8 Å². The van der Waals surface area contributed by atoms with E-state index in [1.54, 1.807) is 15.7 Å². The Bertz CT molecular complexity index is 1070. The maximum atomic E-state index is 13.2. The number of aromatic nitrogens is 1. The number of fused-ring (bicyclic) bond motifs is 1. The number of urea groups is 1. The molecule has 1 N–H and O–H groups in total. The minimum absolute atomic E-state index is 0.0315. The number of nitrogens with one attached hydrogen (secondary N) is 1.